The van der Waals surface area contributed by atoms with Gasteiger partial charge in [-0.15, -0.1) is 0 Å². The van der Waals surface area contributed by atoms with Crippen LogP contribution < -0.4 is 0 Å². The standard InChI is InChI=1S/C30H40O2/c1-8-21(9-2)10-15-24-17-26-27(30(6,7)19-29(26,4)5)18-25(24)20(3)16-22-11-13-23(14-12-22)28(31)32/h11-14,16-18,21H,8-10,15,19H2,1-7H3,(H,31,32)/b20-16+. The van der Waals surface area contributed by atoms with E-state index in [-0.39, 0.29) is 10.8 Å². The van der Waals surface area contributed by atoms with Gasteiger partial charge in [0.1, 0.15) is 0 Å². The molecule has 2 aromatic rings. The van der Waals surface area contributed by atoms with Crippen LogP contribution in [0.4, 0.5) is 0 Å². The molecule has 1 N–H and O–H groups in total. The minimum absolute atomic E-state index is 0.172. The van der Waals surface area contributed by atoms with E-state index >= 15 is 0 Å². The summed E-state index contributed by atoms with van der Waals surface area (Å²) in [6, 6.07) is 12.1. The predicted octanol–water partition coefficient (Wildman–Crippen LogP) is 8.27. The van der Waals surface area contributed by atoms with Crippen LogP contribution in [0.1, 0.15) is 112 Å². The summed E-state index contributed by atoms with van der Waals surface area (Å²) < 4.78 is 0. The van der Waals surface area contributed by atoms with Crippen LogP contribution in [-0.4, -0.2) is 11.1 Å². The lowest BCUT2D eigenvalue weighted by atomic mass is 9.82. The Morgan fingerprint density at radius 1 is 1.00 bits per heavy atom. The van der Waals surface area contributed by atoms with Gasteiger partial charge in [0.25, 0.3) is 0 Å². The molecule has 1 aliphatic rings. The molecule has 0 aromatic heterocycles. The Kier molecular flexibility index (Phi) is 7.03. The summed E-state index contributed by atoms with van der Waals surface area (Å²) in [7, 11) is 0. The second kappa shape index (κ2) is 9.25. The molecule has 2 heteroatoms. The van der Waals surface area contributed by atoms with Gasteiger partial charge in [0, 0.05) is 0 Å². The molecule has 0 radical (unpaired) electrons. The molecule has 0 unspecified atom stereocenters. The van der Waals surface area contributed by atoms with Gasteiger partial charge in [-0.3, -0.25) is 0 Å². The van der Waals surface area contributed by atoms with Crippen LogP contribution in [0, 0.1) is 5.92 Å². The highest BCUT2D eigenvalue weighted by molar-refractivity contribution is 5.88. The van der Waals surface area contributed by atoms with Gasteiger partial charge in [-0.25, -0.2) is 4.79 Å². The Balaban J connectivity index is 2.06. The lowest BCUT2D eigenvalue weighted by Gasteiger charge is -2.22. The van der Waals surface area contributed by atoms with Crippen LogP contribution in [-0.2, 0) is 17.3 Å². The number of carboxylic acid groups (broad SMARTS) is 1. The zero-order valence-corrected chi connectivity index (χ0v) is 21.0. The van der Waals surface area contributed by atoms with Crippen molar-refractivity contribution in [3.8, 4) is 0 Å². The largest absolute Gasteiger partial charge is 0.478 e. The van der Waals surface area contributed by atoms with Crippen molar-refractivity contribution >= 4 is 17.6 Å². The average Bonchev–Trinajstić information content (AvgIpc) is 2.91. The van der Waals surface area contributed by atoms with Crippen molar-refractivity contribution in [2.24, 2.45) is 5.92 Å². The van der Waals surface area contributed by atoms with Crippen LogP contribution in [0.15, 0.2) is 36.4 Å². The first-order valence-electron chi connectivity index (χ1n) is 12.2. The number of benzene rings is 2. The number of aromatic carboxylic acids is 1. The summed E-state index contributed by atoms with van der Waals surface area (Å²) >= 11 is 0. The lowest BCUT2D eigenvalue weighted by molar-refractivity contribution is 0.0697. The summed E-state index contributed by atoms with van der Waals surface area (Å²) in [5.74, 6) is -0.113. The quantitative estimate of drug-likeness (QED) is 0.426. The number of fused-ring (bicyclic) bond motifs is 1. The number of carboxylic acids is 1. The normalized spacial score (nSPS) is 16.9. The number of aryl methyl sites for hydroxylation is 1. The van der Waals surface area contributed by atoms with Gasteiger partial charge in [0.05, 0.1) is 5.56 Å². The molecule has 0 heterocycles. The molecule has 3 rings (SSSR count). The molecule has 0 saturated carbocycles. The highest BCUT2D eigenvalue weighted by Crippen LogP contribution is 2.50. The SMILES string of the molecule is CCC(CC)CCc1cc2c(cc1/C(C)=C/c1ccc(C(=O)O)cc1)C(C)(C)CC2(C)C. The fourth-order valence-electron chi connectivity index (χ4n) is 5.74. The van der Waals surface area contributed by atoms with E-state index in [1.54, 1.807) is 12.1 Å². The summed E-state index contributed by atoms with van der Waals surface area (Å²) in [6.07, 6.45) is 8.17. The molecular formula is C30H40O2. The Labute approximate surface area is 194 Å². The van der Waals surface area contributed by atoms with Gasteiger partial charge in [0.2, 0.25) is 0 Å². The first kappa shape index (κ1) is 24.3. The third-order valence-corrected chi connectivity index (χ3v) is 7.53. The lowest BCUT2D eigenvalue weighted by Crippen LogP contribution is -2.18. The van der Waals surface area contributed by atoms with E-state index in [2.05, 4.69) is 66.7 Å². The number of hydrogen-bond donors (Lipinski definition) is 1. The molecule has 2 nitrogen and oxygen atoms in total. The molecular weight excluding hydrogens is 392 g/mol. The minimum Gasteiger partial charge on any atom is -0.478 e. The van der Waals surface area contributed by atoms with E-state index < -0.39 is 5.97 Å². The van der Waals surface area contributed by atoms with Crippen LogP contribution in [0.5, 0.6) is 0 Å². The molecule has 32 heavy (non-hydrogen) atoms. The van der Waals surface area contributed by atoms with Gasteiger partial charge in [-0.2, -0.15) is 0 Å². The molecule has 1 aliphatic carbocycles. The molecule has 0 atom stereocenters. The fourth-order valence-corrected chi connectivity index (χ4v) is 5.74. The third kappa shape index (κ3) is 5.00. The number of hydrogen-bond acceptors (Lipinski definition) is 1. The third-order valence-electron chi connectivity index (χ3n) is 7.53. The number of carbonyl (C=O) groups is 1. The minimum atomic E-state index is -0.885. The zero-order chi connectivity index (χ0) is 23.7. The predicted molar refractivity (Wildman–Crippen MR) is 136 cm³/mol. The fraction of sp³-hybridized carbons (Fsp3) is 0.500. The monoisotopic (exact) mass is 432 g/mol. The Morgan fingerprint density at radius 2 is 1.56 bits per heavy atom. The maximum atomic E-state index is 11.2. The average molecular weight is 433 g/mol. The summed E-state index contributed by atoms with van der Waals surface area (Å²) in [6.45, 7) is 16.3. The first-order valence-corrected chi connectivity index (χ1v) is 12.2. The summed E-state index contributed by atoms with van der Waals surface area (Å²) in [5, 5.41) is 9.18. The maximum Gasteiger partial charge on any atom is 0.335 e. The van der Waals surface area contributed by atoms with Crippen molar-refractivity contribution in [1.29, 1.82) is 0 Å². The van der Waals surface area contributed by atoms with Crippen molar-refractivity contribution < 1.29 is 9.90 Å². The van der Waals surface area contributed by atoms with Gasteiger partial charge >= 0.3 is 5.97 Å². The topological polar surface area (TPSA) is 37.3 Å². The van der Waals surface area contributed by atoms with Gasteiger partial charge in [-0.1, -0.05) is 84.7 Å². The van der Waals surface area contributed by atoms with Crippen molar-refractivity contribution in [3.63, 3.8) is 0 Å². The Morgan fingerprint density at radius 3 is 2.09 bits per heavy atom. The van der Waals surface area contributed by atoms with Crippen molar-refractivity contribution in [1.82, 2.24) is 0 Å². The first-order chi connectivity index (χ1) is 15.0. The van der Waals surface area contributed by atoms with E-state index in [0.29, 0.717) is 5.56 Å². The number of allylic oxidation sites excluding steroid dienone is 1. The van der Waals surface area contributed by atoms with Crippen LogP contribution in [0.2, 0.25) is 0 Å². The zero-order valence-electron chi connectivity index (χ0n) is 21.0. The molecule has 0 fully saturated rings. The van der Waals surface area contributed by atoms with Gasteiger partial charge in [0.15, 0.2) is 0 Å². The molecule has 2 aromatic carbocycles. The van der Waals surface area contributed by atoms with Gasteiger partial charge < -0.3 is 5.11 Å². The van der Waals surface area contributed by atoms with Gasteiger partial charge in [-0.05, 0) is 88.5 Å². The summed E-state index contributed by atoms with van der Waals surface area (Å²) in [5.41, 5.74) is 8.79. The Hall–Kier alpha value is -2.35. The van der Waals surface area contributed by atoms with Crippen molar-refractivity contribution in [2.45, 2.75) is 91.4 Å². The van der Waals surface area contributed by atoms with Crippen LogP contribution in [0.3, 0.4) is 0 Å². The highest BCUT2D eigenvalue weighted by Gasteiger charge is 2.42. The van der Waals surface area contributed by atoms with E-state index in [9.17, 15) is 9.90 Å². The maximum absolute atomic E-state index is 11.2. The number of rotatable bonds is 8. The second-order valence-corrected chi connectivity index (χ2v) is 11.0. The molecule has 0 spiro atoms. The molecule has 0 amide bonds. The van der Waals surface area contributed by atoms with Crippen LogP contribution in [0.25, 0.3) is 11.6 Å². The molecule has 0 saturated heterocycles. The molecule has 0 aliphatic heterocycles. The molecule has 172 valence electrons. The van der Waals surface area contributed by atoms with Crippen LogP contribution >= 0.6 is 0 Å². The van der Waals surface area contributed by atoms with Crippen molar-refractivity contribution in [3.05, 3.63) is 69.8 Å². The Bertz CT molecular complexity index is 1000. The van der Waals surface area contributed by atoms with E-state index in [1.807, 2.05) is 12.1 Å². The smallest absolute Gasteiger partial charge is 0.335 e. The molecule has 0 bridgehead atoms. The van der Waals surface area contributed by atoms with E-state index in [0.717, 1.165) is 17.9 Å². The van der Waals surface area contributed by atoms with E-state index in [4.69, 9.17) is 0 Å². The second-order valence-electron chi connectivity index (χ2n) is 11.0. The van der Waals surface area contributed by atoms with Crippen molar-refractivity contribution in [2.75, 3.05) is 0 Å². The van der Waals surface area contributed by atoms with E-state index in [1.165, 1.54) is 53.5 Å². The highest BCUT2D eigenvalue weighted by atomic mass is 16.4. The summed E-state index contributed by atoms with van der Waals surface area (Å²) in [4.78, 5) is 11.2.